The Balaban J connectivity index is 2.33. The van der Waals surface area contributed by atoms with Gasteiger partial charge in [-0.2, -0.15) is 4.31 Å². The highest BCUT2D eigenvalue weighted by Crippen LogP contribution is 2.32. The molecule has 1 aromatic carbocycles. The molecule has 0 atom stereocenters. The molecule has 1 fully saturated rings. The van der Waals surface area contributed by atoms with Crippen molar-refractivity contribution in [2.75, 3.05) is 20.3 Å². The number of sulfonamides is 1. The number of hydrogen-bond donors (Lipinski definition) is 1. The third-order valence-electron chi connectivity index (χ3n) is 3.25. The van der Waals surface area contributed by atoms with Gasteiger partial charge in [-0.15, -0.1) is 0 Å². The van der Waals surface area contributed by atoms with E-state index in [1.165, 1.54) is 29.6 Å². The maximum Gasteiger partial charge on any atom is 0.337 e. The molecule has 1 aromatic rings. The lowest BCUT2D eigenvalue weighted by atomic mass is 10.2. The van der Waals surface area contributed by atoms with Crippen molar-refractivity contribution < 1.29 is 23.1 Å². The standard InChI is InChI=1S/C13H16ClNO5S/c1-20-7-6-15(9-2-3-9)21(18,19)10-4-5-11(13(16)17)12(14)8-10/h4-5,8-9H,2-3,6-7H2,1H3,(H,16,17). The van der Waals surface area contributed by atoms with E-state index in [1.807, 2.05) is 0 Å². The molecule has 0 bridgehead atoms. The molecule has 1 N–H and O–H groups in total. The van der Waals surface area contributed by atoms with Crippen LogP contribution in [0.3, 0.4) is 0 Å². The number of methoxy groups -OCH3 is 1. The Bertz CT molecular complexity index is 642. The number of rotatable bonds is 7. The molecule has 0 spiro atoms. The number of aromatic carboxylic acids is 1. The molecule has 2 rings (SSSR count). The van der Waals surface area contributed by atoms with Gasteiger partial charge in [-0.1, -0.05) is 11.6 Å². The Labute approximate surface area is 128 Å². The van der Waals surface area contributed by atoms with Gasteiger partial charge < -0.3 is 9.84 Å². The number of halogens is 1. The molecule has 0 amide bonds. The van der Waals surface area contributed by atoms with Crippen LogP contribution in [-0.4, -0.2) is 50.1 Å². The van der Waals surface area contributed by atoms with E-state index in [0.29, 0.717) is 6.61 Å². The lowest BCUT2D eigenvalue weighted by molar-refractivity contribution is 0.0697. The van der Waals surface area contributed by atoms with Crippen LogP contribution in [-0.2, 0) is 14.8 Å². The zero-order valence-corrected chi connectivity index (χ0v) is 13.0. The number of carboxylic acid groups (broad SMARTS) is 1. The highest BCUT2D eigenvalue weighted by molar-refractivity contribution is 7.89. The molecular weight excluding hydrogens is 318 g/mol. The fourth-order valence-corrected chi connectivity index (χ4v) is 4.03. The number of nitrogens with zero attached hydrogens (tertiary/aromatic N) is 1. The summed E-state index contributed by atoms with van der Waals surface area (Å²) in [5, 5.41) is 8.83. The Kier molecular flexibility index (Phi) is 4.88. The van der Waals surface area contributed by atoms with E-state index in [9.17, 15) is 13.2 Å². The molecule has 0 aliphatic heterocycles. The summed E-state index contributed by atoms with van der Waals surface area (Å²) >= 11 is 5.85. The van der Waals surface area contributed by atoms with Crippen molar-refractivity contribution in [1.29, 1.82) is 0 Å². The molecule has 0 aromatic heterocycles. The summed E-state index contributed by atoms with van der Waals surface area (Å²) in [6, 6.07) is 3.65. The van der Waals surface area contributed by atoms with Crippen molar-refractivity contribution in [1.82, 2.24) is 4.31 Å². The summed E-state index contributed by atoms with van der Waals surface area (Å²) < 4.78 is 31.6. The molecule has 1 aliphatic carbocycles. The Hall–Kier alpha value is -1.15. The molecule has 0 heterocycles. The first kappa shape index (κ1) is 16.2. The predicted octanol–water partition coefficient (Wildman–Crippen LogP) is 1.84. The maximum absolute atomic E-state index is 12.6. The van der Waals surface area contributed by atoms with Crippen LogP contribution in [0.25, 0.3) is 0 Å². The molecule has 21 heavy (non-hydrogen) atoms. The van der Waals surface area contributed by atoms with Crippen molar-refractivity contribution in [2.45, 2.75) is 23.8 Å². The van der Waals surface area contributed by atoms with Gasteiger partial charge in [0.15, 0.2) is 0 Å². The van der Waals surface area contributed by atoms with Gasteiger partial charge in [-0.05, 0) is 31.0 Å². The predicted molar refractivity (Wildman–Crippen MR) is 77.2 cm³/mol. The van der Waals surface area contributed by atoms with Gasteiger partial charge in [-0.3, -0.25) is 0 Å². The molecular formula is C13H16ClNO5S. The fraction of sp³-hybridized carbons (Fsp3) is 0.462. The number of benzene rings is 1. The fourth-order valence-electron chi connectivity index (χ4n) is 2.01. The first-order chi connectivity index (χ1) is 9.87. The van der Waals surface area contributed by atoms with Crippen molar-refractivity contribution in [3.8, 4) is 0 Å². The first-order valence-electron chi connectivity index (χ1n) is 6.41. The minimum atomic E-state index is -3.70. The average Bonchev–Trinajstić information content (AvgIpc) is 3.23. The number of hydrogen-bond acceptors (Lipinski definition) is 4. The Morgan fingerprint density at radius 3 is 2.62 bits per heavy atom. The van der Waals surface area contributed by atoms with Crippen LogP contribution in [0.5, 0.6) is 0 Å². The smallest absolute Gasteiger partial charge is 0.337 e. The van der Waals surface area contributed by atoms with Crippen LogP contribution in [0.15, 0.2) is 23.1 Å². The van der Waals surface area contributed by atoms with Crippen LogP contribution in [0.2, 0.25) is 5.02 Å². The normalized spacial score (nSPS) is 15.4. The van der Waals surface area contributed by atoms with E-state index in [0.717, 1.165) is 12.8 Å². The second-order valence-electron chi connectivity index (χ2n) is 4.79. The minimum Gasteiger partial charge on any atom is -0.478 e. The Morgan fingerprint density at radius 2 is 2.14 bits per heavy atom. The van der Waals surface area contributed by atoms with E-state index in [-0.39, 0.29) is 28.1 Å². The minimum absolute atomic E-state index is 0.000466. The number of carboxylic acids is 1. The van der Waals surface area contributed by atoms with E-state index in [2.05, 4.69) is 0 Å². The van der Waals surface area contributed by atoms with E-state index < -0.39 is 16.0 Å². The van der Waals surface area contributed by atoms with E-state index in [4.69, 9.17) is 21.4 Å². The van der Waals surface area contributed by atoms with Crippen molar-refractivity contribution in [3.05, 3.63) is 28.8 Å². The lowest BCUT2D eigenvalue weighted by Gasteiger charge is -2.21. The van der Waals surface area contributed by atoms with Crippen LogP contribution in [0.1, 0.15) is 23.2 Å². The van der Waals surface area contributed by atoms with Gasteiger partial charge >= 0.3 is 5.97 Å². The van der Waals surface area contributed by atoms with Crippen LogP contribution in [0.4, 0.5) is 0 Å². The summed E-state index contributed by atoms with van der Waals surface area (Å²) in [4.78, 5) is 10.9. The van der Waals surface area contributed by atoms with Gasteiger partial charge in [0.1, 0.15) is 0 Å². The van der Waals surface area contributed by atoms with Gasteiger partial charge in [0, 0.05) is 19.7 Å². The summed E-state index contributed by atoms with van der Waals surface area (Å²) in [5.74, 6) is -1.19. The number of ether oxygens (including phenoxy) is 1. The topological polar surface area (TPSA) is 83.9 Å². The molecule has 1 aliphatic rings. The van der Waals surface area contributed by atoms with Crippen LogP contribution in [0, 0.1) is 0 Å². The van der Waals surface area contributed by atoms with Crippen LogP contribution < -0.4 is 0 Å². The molecule has 8 heteroatoms. The van der Waals surface area contributed by atoms with E-state index >= 15 is 0 Å². The van der Waals surface area contributed by atoms with Crippen molar-refractivity contribution >= 4 is 27.6 Å². The van der Waals surface area contributed by atoms with Crippen LogP contribution >= 0.6 is 11.6 Å². The summed E-state index contributed by atoms with van der Waals surface area (Å²) in [6.45, 7) is 0.568. The highest BCUT2D eigenvalue weighted by Gasteiger charge is 2.38. The van der Waals surface area contributed by atoms with Gasteiger partial charge in [0.25, 0.3) is 0 Å². The zero-order valence-electron chi connectivity index (χ0n) is 11.5. The highest BCUT2D eigenvalue weighted by atomic mass is 35.5. The third-order valence-corrected chi connectivity index (χ3v) is 5.51. The number of carbonyl (C=O) groups is 1. The third kappa shape index (κ3) is 3.55. The van der Waals surface area contributed by atoms with Crippen molar-refractivity contribution in [2.24, 2.45) is 0 Å². The zero-order chi connectivity index (χ0) is 15.6. The molecule has 116 valence electrons. The van der Waals surface area contributed by atoms with Gasteiger partial charge in [-0.25, -0.2) is 13.2 Å². The van der Waals surface area contributed by atoms with Gasteiger partial charge in [0.05, 0.1) is 22.1 Å². The largest absolute Gasteiger partial charge is 0.478 e. The maximum atomic E-state index is 12.6. The SMILES string of the molecule is COCCN(C1CC1)S(=O)(=O)c1ccc(C(=O)O)c(Cl)c1. The summed E-state index contributed by atoms with van der Waals surface area (Å²) in [5.41, 5.74) is -0.120. The monoisotopic (exact) mass is 333 g/mol. The quantitative estimate of drug-likeness (QED) is 0.823. The second kappa shape index (κ2) is 6.31. The van der Waals surface area contributed by atoms with Crippen molar-refractivity contribution in [3.63, 3.8) is 0 Å². The molecule has 0 unspecified atom stereocenters. The summed E-state index contributed by atoms with van der Waals surface area (Å²) in [6.07, 6.45) is 1.65. The Morgan fingerprint density at radius 1 is 1.48 bits per heavy atom. The average molecular weight is 334 g/mol. The molecule has 0 radical (unpaired) electrons. The molecule has 6 nitrogen and oxygen atoms in total. The summed E-state index contributed by atoms with van der Waals surface area (Å²) in [7, 11) is -2.19. The van der Waals surface area contributed by atoms with Gasteiger partial charge in [0.2, 0.25) is 10.0 Å². The lowest BCUT2D eigenvalue weighted by Crippen LogP contribution is -2.35. The first-order valence-corrected chi connectivity index (χ1v) is 8.23. The molecule has 0 saturated heterocycles. The second-order valence-corrected chi connectivity index (χ2v) is 7.08. The van der Waals surface area contributed by atoms with E-state index in [1.54, 1.807) is 0 Å². The molecule has 1 saturated carbocycles.